The van der Waals surface area contributed by atoms with Crippen molar-refractivity contribution < 1.29 is 4.79 Å². The van der Waals surface area contributed by atoms with E-state index < -0.39 is 5.91 Å². The minimum atomic E-state index is -0.447. The number of aromatic nitrogens is 1. The molecule has 0 bridgehead atoms. The molecule has 1 unspecified atom stereocenters. The number of nitrogens with one attached hydrogen (secondary N) is 2. The molecule has 3 heterocycles. The fourth-order valence-electron chi connectivity index (χ4n) is 4.50. The first-order chi connectivity index (χ1) is 15.7. The standard InChI is InChI=1S/C26H26N4OS/c27-25(31)22-16-29-26(21-13-23(32-24(21)22)19-9-5-2-6-10-19)30-20-12-18(14-28-15-20)11-17-7-3-1-4-8-17/h1-10,13,16,18,20,28H,11-12,14-15H2,(H2,27,31)(H,29,30)/t18?,20-/m0/s1. The number of piperidine rings is 1. The van der Waals surface area contributed by atoms with Crippen molar-refractivity contribution in [2.45, 2.75) is 18.9 Å². The molecule has 1 saturated heterocycles. The van der Waals surface area contributed by atoms with E-state index in [1.165, 1.54) is 5.56 Å². The molecule has 1 amide bonds. The maximum absolute atomic E-state index is 12.0. The van der Waals surface area contributed by atoms with Gasteiger partial charge in [-0.1, -0.05) is 60.7 Å². The number of fused-ring (bicyclic) bond motifs is 1. The van der Waals surface area contributed by atoms with Crippen LogP contribution in [0.15, 0.2) is 72.9 Å². The van der Waals surface area contributed by atoms with Gasteiger partial charge in [0.25, 0.3) is 5.91 Å². The molecule has 162 valence electrons. The summed E-state index contributed by atoms with van der Waals surface area (Å²) in [4.78, 5) is 17.7. The topological polar surface area (TPSA) is 80.0 Å². The second-order valence-electron chi connectivity index (χ2n) is 8.40. The van der Waals surface area contributed by atoms with Gasteiger partial charge in [0.2, 0.25) is 0 Å². The van der Waals surface area contributed by atoms with Crippen LogP contribution in [0.3, 0.4) is 0 Å². The van der Waals surface area contributed by atoms with E-state index in [-0.39, 0.29) is 6.04 Å². The van der Waals surface area contributed by atoms with E-state index in [0.717, 1.165) is 52.3 Å². The third-order valence-corrected chi connectivity index (χ3v) is 7.25. The van der Waals surface area contributed by atoms with Gasteiger partial charge in [0.05, 0.1) is 10.3 Å². The van der Waals surface area contributed by atoms with Crippen molar-refractivity contribution in [2.75, 3.05) is 18.4 Å². The summed E-state index contributed by atoms with van der Waals surface area (Å²) in [5.74, 6) is 0.930. The summed E-state index contributed by atoms with van der Waals surface area (Å²) in [7, 11) is 0. The van der Waals surface area contributed by atoms with Crippen LogP contribution in [0.25, 0.3) is 20.5 Å². The van der Waals surface area contributed by atoms with Gasteiger partial charge < -0.3 is 16.4 Å². The van der Waals surface area contributed by atoms with Crippen LogP contribution in [0.2, 0.25) is 0 Å². The number of rotatable bonds is 6. The molecule has 1 aliphatic heterocycles. The average Bonchev–Trinajstić information content (AvgIpc) is 3.26. The van der Waals surface area contributed by atoms with Crippen LogP contribution in [-0.4, -0.2) is 30.0 Å². The summed E-state index contributed by atoms with van der Waals surface area (Å²) < 4.78 is 0.887. The molecule has 2 atom stereocenters. The van der Waals surface area contributed by atoms with Crippen molar-refractivity contribution in [1.29, 1.82) is 0 Å². The van der Waals surface area contributed by atoms with E-state index in [2.05, 4.69) is 64.1 Å². The summed E-state index contributed by atoms with van der Waals surface area (Å²) in [6.07, 6.45) is 3.74. The highest BCUT2D eigenvalue weighted by molar-refractivity contribution is 7.22. The maximum Gasteiger partial charge on any atom is 0.251 e. The lowest BCUT2D eigenvalue weighted by Crippen LogP contribution is -2.44. The van der Waals surface area contributed by atoms with Crippen LogP contribution >= 0.6 is 11.3 Å². The summed E-state index contributed by atoms with van der Waals surface area (Å²) in [5.41, 5.74) is 8.62. The zero-order valence-corrected chi connectivity index (χ0v) is 18.6. The van der Waals surface area contributed by atoms with Crippen LogP contribution < -0.4 is 16.4 Å². The molecule has 0 saturated carbocycles. The van der Waals surface area contributed by atoms with Crippen molar-refractivity contribution >= 4 is 33.1 Å². The van der Waals surface area contributed by atoms with E-state index in [0.29, 0.717) is 11.5 Å². The second kappa shape index (κ2) is 9.10. The largest absolute Gasteiger partial charge is 0.366 e. The van der Waals surface area contributed by atoms with Crippen molar-refractivity contribution in [1.82, 2.24) is 10.3 Å². The minimum absolute atomic E-state index is 0.271. The molecular formula is C26H26N4OS. The lowest BCUT2D eigenvalue weighted by Gasteiger charge is -2.31. The van der Waals surface area contributed by atoms with Crippen LogP contribution in [0, 0.1) is 5.92 Å². The van der Waals surface area contributed by atoms with E-state index in [4.69, 9.17) is 5.73 Å². The van der Waals surface area contributed by atoms with Crippen LogP contribution in [0.5, 0.6) is 0 Å². The molecule has 1 aliphatic rings. The van der Waals surface area contributed by atoms with Gasteiger partial charge in [-0.3, -0.25) is 4.79 Å². The summed E-state index contributed by atoms with van der Waals surface area (Å²) in [5, 5.41) is 8.18. The number of primary amides is 1. The second-order valence-corrected chi connectivity index (χ2v) is 9.45. The number of nitrogens with zero attached hydrogens (tertiary/aromatic N) is 1. The van der Waals surface area contributed by atoms with Gasteiger partial charge in [-0.25, -0.2) is 4.98 Å². The van der Waals surface area contributed by atoms with E-state index in [1.807, 2.05) is 18.2 Å². The molecule has 5 nitrogen and oxygen atoms in total. The van der Waals surface area contributed by atoms with Gasteiger partial charge in [-0.15, -0.1) is 11.3 Å². The number of amides is 1. The number of hydrogen-bond donors (Lipinski definition) is 3. The Labute approximate surface area is 191 Å². The summed E-state index contributed by atoms with van der Waals surface area (Å²) in [6.45, 7) is 1.91. The fraction of sp³-hybridized carbons (Fsp3) is 0.231. The Morgan fingerprint density at radius 1 is 1.09 bits per heavy atom. The molecule has 0 aliphatic carbocycles. The molecule has 0 spiro atoms. The Bertz CT molecular complexity index is 1220. The van der Waals surface area contributed by atoms with Crippen molar-refractivity contribution in [3.8, 4) is 10.4 Å². The van der Waals surface area contributed by atoms with Crippen molar-refractivity contribution in [3.05, 3.63) is 84.1 Å². The Morgan fingerprint density at radius 3 is 2.59 bits per heavy atom. The lowest BCUT2D eigenvalue weighted by atomic mass is 9.90. The van der Waals surface area contributed by atoms with E-state index in [1.54, 1.807) is 17.5 Å². The molecule has 2 aromatic carbocycles. The Balaban J connectivity index is 1.41. The van der Waals surface area contributed by atoms with Crippen LogP contribution in [0.4, 0.5) is 5.82 Å². The van der Waals surface area contributed by atoms with Gasteiger partial charge in [-0.05, 0) is 42.5 Å². The Hall–Kier alpha value is -3.22. The Kier molecular flexibility index (Phi) is 5.88. The molecular weight excluding hydrogens is 416 g/mol. The number of nitrogens with two attached hydrogens (primary N) is 1. The zero-order valence-electron chi connectivity index (χ0n) is 17.8. The summed E-state index contributed by atoms with van der Waals surface area (Å²) in [6, 6.07) is 23.2. The molecule has 0 radical (unpaired) electrons. The minimum Gasteiger partial charge on any atom is -0.366 e. The number of carbonyl (C=O) groups excluding carboxylic acids is 1. The summed E-state index contributed by atoms with van der Waals surface area (Å²) >= 11 is 1.59. The zero-order chi connectivity index (χ0) is 21.9. The highest BCUT2D eigenvalue weighted by Gasteiger charge is 2.24. The number of pyridine rings is 1. The third kappa shape index (κ3) is 4.38. The number of anilines is 1. The quantitative estimate of drug-likeness (QED) is 0.405. The third-order valence-electron chi connectivity index (χ3n) is 6.03. The molecule has 4 aromatic rings. The molecule has 1 fully saturated rings. The normalized spacial score (nSPS) is 18.5. The van der Waals surface area contributed by atoms with Gasteiger partial charge in [-0.2, -0.15) is 0 Å². The monoisotopic (exact) mass is 442 g/mol. The first kappa shape index (κ1) is 20.7. The molecule has 6 heteroatoms. The lowest BCUT2D eigenvalue weighted by molar-refractivity contribution is 0.100. The first-order valence-corrected chi connectivity index (χ1v) is 11.8. The predicted octanol–water partition coefficient (Wildman–Crippen LogP) is 4.69. The highest BCUT2D eigenvalue weighted by atomic mass is 32.1. The molecule has 4 N–H and O–H groups in total. The van der Waals surface area contributed by atoms with Crippen LogP contribution in [-0.2, 0) is 6.42 Å². The maximum atomic E-state index is 12.0. The number of benzene rings is 2. The number of thiophene rings is 1. The van der Waals surface area contributed by atoms with E-state index in [9.17, 15) is 4.79 Å². The molecule has 2 aromatic heterocycles. The molecule has 5 rings (SSSR count). The van der Waals surface area contributed by atoms with Gasteiger partial charge in [0.15, 0.2) is 0 Å². The highest BCUT2D eigenvalue weighted by Crippen LogP contribution is 2.38. The number of hydrogen-bond acceptors (Lipinski definition) is 5. The SMILES string of the molecule is NC(=O)c1cnc(N[C@@H]2CNCC(Cc3ccccc3)C2)c2cc(-c3ccccc3)sc12. The van der Waals surface area contributed by atoms with Crippen molar-refractivity contribution in [2.24, 2.45) is 11.7 Å². The predicted molar refractivity (Wildman–Crippen MR) is 132 cm³/mol. The van der Waals surface area contributed by atoms with Gasteiger partial charge in [0, 0.05) is 29.0 Å². The molecule has 32 heavy (non-hydrogen) atoms. The van der Waals surface area contributed by atoms with E-state index >= 15 is 0 Å². The van der Waals surface area contributed by atoms with Gasteiger partial charge in [0.1, 0.15) is 5.82 Å². The number of carbonyl (C=O) groups is 1. The fourth-order valence-corrected chi connectivity index (χ4v) is 5.68. The average molecular weight is 443 g/mol. The smallest absolute Gasteiger partial charge is 0.251 e. The first-order valence-electron chi connectivity index (χ1n) is 11.0. The van der Waals surface area contributed by atoms with Crippen molar-refractivity contribution in [3.63, 3.8) is 0 Å². The van der Waals surface area contributed by atoms with Gasteiger partial charge >= 0.3 is 0 Å². The Morgan fingerprint density at radius 2 is 1.84 bits per heavy atom. The van der Waals surface area contributed by atoms with Crippen LogP contribution in [0.1, 0.15) is 22.3 Å².